The SMILES string of the molecule is COc1ccc(-c2cnc(-c3cc[n+](Cc4ccccc4)cc3)nc2-c2ccc(OC)cc2)cc1. The molecule has 0 aliphatic heterocycles. The van der Waals surface area contributed by atoms with E-state index < -0.39 is 0 Å². The van der Waals surface area contributed by atoms with Crippen molar-refractivity contribution in [3.8, 4) is 45.3 Å². The maximum Gasteiger partial charge on any atom is 0.173 e. The Labute approximate surface area is 205 Å². The predicted molar refractivity (Wildman–Crippen MR) is 137 cm³/mol. The first kappa shape index (κ1) is 22.3. The Morgan fingerprint density at radius 2 is 1.26 bits per heavy atom. The lowest BCUT2D eigenvalue weighted by atomic mass is 10.00. The molecule has 35 heavy (non-hydrogen) atoms. The van der Waals surface area contributed by atoms with Crippen LogP contribution in [0.1, 0.15) is 5.56 Å². The quantitative estimate of drug-likeness (QED) is 0.287. The summed E-state index contributed by atoms with van der Waals surface area (Å²) >= 11 is 0. The summed E-state index contributed by atoms with van der Waals surface area (Å²) in [5, 5.41) is 0. The number of rotatable bonds is 7. The van der Waals surface area contributed by atoms with Gasteiger partial charge in [-0.1, -0.05) is 42.5 Å². The Morgan fingerprint density at radius 3 is 1.86 bits per heavy atom. The number of aromatic nitrogens is 3. The first-order valence-corrected chi connectivity index (χ1v) is 11.4. The Kier molecular flexibility index (Phi) is 6.48. The molecule has 0 spiro atoms. The van der Waals surface area contributed by atoms with E-state index in [9.17, 15) is 0 Å². The standard InChI is InChI=1S/C30H26N3O2/c1-34-26-12-8-23(9-13-26)28-20-31-30(32-29(28)24-10-14-27(35-2)15-11-24)25-16-18-33(19-17-25)21-22-6-4-3-5-7-22/h3-20H,21H2,1-2H3/q+1. The zero-order chi connectivity index (χ0) is 24.0. The van der Waals surface area contributed by atoms with Gasteiger partial charge in [-0.15, -0.1) is 0 Å². The van der Waals surface area contributed by atoms with Gasteiger partial charge < -0.3 is 9.47 Å². The van der Waals surface area contributed by atoms with Gasteiger partial charge in [0.25, 0.3) is 0 Å². The van der Waals surface area contributed by atoms with Gasteiger partial charge in [-0.2, -0.15) is 0 Å². The average molecular weight is 461 g/mol. The molecule has 0 saturated carbocycles. The third-order valence-electron chi connectivity index (χ3n) is 5.91. The van der Waals surface area contributed by atoms with Crippen LogP contribution in [0.5, 0.6) is 11.5 Å². The van der Waals surface area contributed by atoms with Crippen LogP contribution in [0.15, 0.2) is 110 Å². The van der Waals surface area contributed by atoms with E-state index in [-0.39, 0.29) is 0 Å². The number of nitrogens with zero attached hydrogens (tertiary/aromatic N) is 3. The van der Waals surface area contributed by atoms with Crippen molar-refractivity contribution < 1.29 is 14.0 Å². The minimum absolute atomic E-state index is 0.681. The topological polar surface area (TPSA) is 48.1 Å². The smallest absolute Gasteiger partial charge is 0.173 e. The molecule has 5 heteroatoms. The number of pyridine rings is 1. The van der Waals surface area contributed by atoms with Gasteiger partial charge in [0.2, 0.25) is 0 Å². The van der Waals surface area contributed by atoms with Crippen LogP contribution in [-0.2, 0) is 6.54 Å². The van der Waals surface area contributed by atoms with E-state index in [0.29, 0.717) is 5.82 Å². The van der Waals surface area contributed by atoms with Crippen LogP contribution in [0.25, 0.3) is 33.8 Å². The van der Waals surface area contributed by atoms with E-state index in [1.165, 1.54) is 5.56 Å². The average Bonchev–Trinajstić information content (AvgIpc) is 2.94. The van der Waals surface area contributed by atoms with E-state index in [1.54, 1.807) is 14.2 Å². The molecule has 5 aromatic rings. The first-order chi connectivity index (χ1) is 17.2. The summed E-state index contributed by atoms with van der Waals surface area (Å²) < 4.78 is 12.8. The lowest BCUT2D eigenvalue weighted by Gasteiger charge is -2.12. The molecule has 0 fully saturated rings. The fourth-order valence-corrected chi connectivity index (χ4v) is 3.98. The van der Waals surface area contributed by atoms with E-state index in [2.05, 4.69) is 53.4 Å². The second-order valence-electron chi connectivity index (χ2n) is 8.16. The van der Waals surface area contributed by atoms with Crippen molar-refractivity contribution in [2.45, 2.75) is 6.54 Å². The molecule has 2 heterocycles. The largest absolute Gasteiger partial charge is 0.497 e. The van der Waals surface area contributed by atoms with E-state index in [0.717, 1.165) is 46.0 Å². The van der Waals surface area contributed by atoms with Crippen molar-refractivity contribution in [1.29, 1.82) is 0 Å². The zero-order valence-electron chi connectivity index (χ0n) is 19.8. The number of benzene rings is 3. The normalized spacial score (nSPS) is 10.7. The maximum absolute atomic E-state index is 5.34. The Bertz CT molecular complexity index is 1400. The highest BCUT2D eigenvalue weighted by Gasteiger charge is 2.14. The summed E-state index contributed by atoms with van der Waals surface area (Å²) in [6, 6.07) is 30.4. The van der Waals surface area contributed by atoms with Gasteiger partial charge in [0.15, 0.2) is 24.8 Å². The lowest BCUT2D eigenvalue weighted by molar-refractivity contribution is -0.688. The molecule has 5 nitrogen and oxygen atoms in total. The summed E-state index contributed by atoms with van der Waals surface area (Å²) in [6.07, 6.45) is 6.03. The van der Waals surface area contributed by atoms with Crippen LogP contribution in [0.2, 0.25) is 0 Å². The van der Waals surface area contributed by atoms with Gasteiger partial charge in [-0.3, -0.25) is 0 Å². The highest BCUT2D eigenvalue weighted by Crippen LogP contribution is 2.33. The molecule has 0 amide bonds. The second-order valence-corrected chi connectivity index (χ2v) is 8.16. The summed E-state index contributed by atoms with van der Waals surface area (Å²) in [5.41, 5.74) is 6.06. The molecule has 0 N–H and O–H groups in total. The molecular weight excluding hydrogens is 434 g/mol. The van der Waals surface area contributed by atoms with Gasteiger partial charge in [0, 0.05) is 40.6 Å². The van der Waals surface area contributed by atoms with Crippen LogP contribution < -0.4 is 14.0 Å². The molecule has 0 bridgehead atoms. The Hall–Kier alpha value is -4.51. The van der Waals surface area contributed by atoms with E-state index in [4.69, 9.17) is 19.4 Å². The van der Waals surface area contributed by atoms with Gasteiger partial charge in [0.05, 0.1) is 19.9 Å². The van der Waals surface area contributed by atoms with Crippen molar-refractivity contribution in [1.82, 2.24) is 9.97 Å². The fraction of sp³-hybridized carbons (Fsp3) is 0.100. The minimum atomic E-state index is 0.681. The molecule has 0 aliphatic rings. The van der Waals surface area contributed by atoms with Gasteiger partial charge in [0.1, 0.15) is 11.5 Å². The Balaban J connectivity index is 1.52. The number of hydrogen-bond donors (Lipinski definition) is 0. The van der Waals surface area contributed by atoms with Gasteiger partial charge in [-0.05, 0) is 42.0 Å². The molecule has 0 saturated heterocycles. The first-order valence-electron chi connectivity index (χ1n) is 11.4. The summed E-state index contributed by atoms with van der Waals surface area (Å²) in [5.74, 6) is 2.30. The van der Waals surface area contributed by atoms with Crippen LogP contribution in [0.3, 0.4) is 0 Å². The van der Waals surface area contributed by atoms with Crippen LogP contribution >= 0.6 is 0 Å². The van der Waals surface area contributed by atoms with Crippen molar-refractivity contribution in [2.75, 3.05) is 14.2 Å². The third kappa shape index (κ3) is 5.04. The molecule has 3 aromatic carbocycles. The van der Waals surface area contributed by atoms with E-state index in [1.807, 2.05) is 60.8 Å². The maximum atomic E-state index is 5.34. The van der Waals surface area contributed by atoms with Crippen LogP contribution in [0, 0.1) is 0 Å². The molecule has 5 rings (SSSR count). The third-order valence-corrected chi connectivity index (χ3v) is 5.91. The fourth-order valence-electron chi connectivity index (χ4n) is 3.98. The van der Waals surface area contributed by atoms with E-state index >= 15 is 0 Å². The summed E-state index contributed by atoms with van der Waals surface area (Å²) in [6.45, 7) is 0.815. The molecular formula is C30H26N3O2+. The number of methoxy groups -OCH3 is 2. The Morgan fingerprint density at radius 1 is 0.657 bits per heavy atom. The molecule has 0 radical (unpaired) electrons. The van der Waals surface area contributed by atoms with Gasteiger partial charge in [-0.25, -0.2) is 14.5 Å². The molecule has 0 aliphatic carbocycles. The minimum Gasteiger partial charge on any atom is -0.497 e. The number of hydrogen-bond acceptors (Lipinski definition) is 4. The van der Waals surface area contributed by atoms with Gasteiger partial charge >= 0.3 is 0 Å². The second kappa shape index (κ2) is 10.2. The monoisotopic (exact) mass is 460 g/mol. The summed E-state index contributed by atoms with van der Waals surface area (Å²) in [4.78, 5) is 9.73. The van der Waals surface area contributed by atoms with Crippen molar-refractivity contribution in [3.63, 3.8) is 0 Å². The highest BCUT2D eigenvalue weighted by molar-refractivity contribution is 5.81. The molecule has 0 atom stereocenters. The molecule has 0 unspecified atom stereocenters. The highest BCUT2D eigenvalue weighted by atomic mass is 16.5. The molecule has 2 aromatic heterocycles. The van der Waals surface area contributed by atoms with Crippen molar-refractivity contribution in [2.24, 2.45) is 0 Å². The van der Waals surface area contributed by atoms with Crippen LogP contribution in [-0.4, -0.2) is 24.2 Å². The number of ether oxygens (including phenoxy) is 2. The predicted octanol–water partition coefficient (Wildman–Crippen LogP) is 5.83. The van der Waals surface area contributed by atoms with Crippen molar-refractivity contribution in [3.05, 3.63) is 115 Å². The lowest BCUT2D eigenvalue weighted by Crippen LogP contribution is -2.33. The summed E-state index contributed by atoms with van der Waals surface area (Å²) in [7, 11) is 3.33. The zero-order valence-corrected chi connectivity index (χ0v) is 19.8. The van der Waals surface area contributed by atoms with Crippen LogP contribution in [0.4, 0.5) is 0 Å². The molecule has 172 valence electrons. The van der Waals surface area contributed by atoms with Crippen molar-refractivity contribution >= 4 is 0 Å².